The first kappa shape index (κ1) is 15.1. The molecule has 112 valence electrons. The first-order valence-corrected chi connectivity index (χ1v) is 7.22. The number of nitrogens with zero attached hydrogens (tertiary/aromatic N) is 1. The van der Waals surface area contributed by atoms with Gasteiger partial charge in [0.2, 0.25) is 0 Å². The van der Waals surface area contributed by atoms with Gasteiger partial charge >= 0.3 is 0 Å². The van der Waals surface area contributed by atoms with E-state index in [4.69, 9.17) is 0 Å². The largest absolute Gasteiger partial charge is 0.508 e. The summed E-state index contributed by atoms with van der Waals surface area (Å²) in [6.07, 6.45) is 2.34. The topological polar surface area (TPSA) is 76.0 Å². The van der Waals surface area contributed by atoms with Crippen molar-refractivity contribution in [2.75, 3.05) is 26.2 Å². The summed E-state index contributed by atoms with van der Waals surface area (Å²) in [4.78, 5) is 2.16. The zero-order chi connectivity index (χ0) is 14.5. The molecule has 1 saturated heterocycles. The molecule has 2 rings (SSSR count). The first-order chi connectivity index (χ1) is 9.61. The second-order valence-electron chi connectivity index (χ2n) is 5.43. The van der Waals surface area contributed by atoms with Crippen LogP contribution in [0.25, 0.3) is 0 Å². The summed E-state index contributed by atoms with van der Waals surface area (Å²) in [6, 6.07) is 5.11. The van der Waals surface area contributed by atoms with Gasteiger partial charge in [0.25, 0.3) is 0 Å². The number of phenols is 2. The van der Waals surface area contributed by atoms with Crippen LogP contribution in [0.2, 0.25) is 0 Å². The molecule has 5 heteroatoms. The van der Waals surface area contributed by atoms with Crippen LogP contribution in [0.5, 0.6) is 11.5 Å². The third-order valence-electron chi connectivity index (χ3n) is 4.02. The van der Waals surface area contributed by atoms with Crippen molar-refractivity contribution in [1.29, 1.82) is 0 Å². The van der Waals surface area contributed by atoms with Gasteiger partial charge in [-0.3, -0.25) is 4.90 Å². The highest BCUT2D eigenvalue weighted by Gasteiger charge is 2.23. The van der Waals surface area contributed by atoms with Crippen LogP contribution in [0.3, 0.4) is 0 Å². The van der Waals surface area contributed by atoms with Gasteiger partial charge in [0, 0.05) is 36.8 Å². The van der Waals surface area contributed by atoms with Crippen LogP contribution in [-0.4, -0.2) is 52.5 Å². The molecule has 20 heavy (non-hydrogen) atoms. The summed E-state index contributed by atoms with van der Waals surface area (Å²) >= 11 is 0. The maximum Gasteiger partial charge on any atom is 0.124 e. The van der Waals surface area contributed by atoms with Crippen LogP contribution in [-0.2, 0) is 0 Å². The molecule has 4 N–H and O–H groups in total. The second kappa shape index (κ2) is 6.92. The number of hydrogen-bond donors (Lipinski definition) is 4. The average Bonchev–Trinajstić information content (AvgIpc) is 2.90. The molecule has 0 radical (unpaired) electrons. The molecule has 0 amide bonds. The molecule has 0 saturated carbocycles. The van der Waals surface area contributed by atoms with E-state index in [2.05, 4.69) is 10.2 Å². The highest BCUT2D eigenvalue weighted by atomic mass is 16.3. The van der Waals surface area contributed by atoms with Crippen LogP contribution in [0.15, 0.2) is 18.2 Å². The van der Waals surface area contributed by atoms with Crippen LogP contribution in [0.4, 0.5) is 0 Å². The van der Waals surface area contributed by atoms with Gasteiger partial charge in [0.1, 0.15) is 11.5 Å². The molecule has 0 aliphatic carbocycles. The van der Waals surface area contributed by atoms with Crippen molar-refractivity contribution in [3.05, 3.63) is 23.8 Å². The van der Waals surface area contributed by atoms with Gasteiger partial charge in [-0.1, -0.05) is 6.07 Å². The number of nitrogens with one attached hydrogen (secondary N) is 1. The standard InChI is InChI=1S/C15H24N2O3/c1-11(14-5-4-13(19)9-15(14)20)17(7-8-18)10-12-3-2-6-16-12/h4-5,9,11-12,16,18-20H,2-3,6-8,10H2,1H3. The lowest BCUT2D eigenvalue weighted by molar-refractivity contribution is 0.146. The Bertz CT molecular complexity index is 433. The fourth-order valence-corrected chi connectivity index (χ4v) is 2.85. The Hall–Kier alpha value is -1.30. The Balaban J connectivity index is 2.10. The lowest BCUT2D eigenvalue weighted by Gasteiger charge is -2.31. The van der Waals surface area contributed by atoms with E-state index >= 15 is 0 Å². The predicted octanol–water partition coefficient (Wildman–Crippen LogP) is 1.21. The first-order valence-electron chi connectivity index (χ1n) is 7.22. The fraction of sp³-hybridized carbons (Fsp3) is 0.600. The maximum atomic E-state index is 9.97. The molecule has 1 fully saturated rings. The van der Waals surface area contributed by atoms with Gasteiger partial charge in [-0.2, -0.15) is 0 Å². The summed E-state index contributed by atoms with van der Waals surface area (Å²) in [5, 5.41) is 32.0. The quantitative estimate of drug-likeness (QED) is 0.630. The summed E-state index contributed by atoms with van der Waals surface area (Å²) in [7, 11) is 0. The van der Waals surface area contributed by atoms with E-state index in [-0.39, 0.29) is 24.1 Å². The Morgan fingerprint density at radius 1 is 1.40 bits per heavy atom. The lowest BCUT2D eigenvalue weighted by Crippen LogP contribution is -2.40. The number of rotatable bonds is 6. The normalized spacial score (nSPS) is 20.4. The summed E-state index contributed by atoms with van der Waals surface area (Å²) in [5.74, 6) is 0.157. The zero-order valence-corrected chi connectivity index (χ0v) is 11.9. The third kappa shape index (κ3) is 3.62. The van der Waals surface area contributed by atoms with E-state index in [1.807, 2.05) is 6.92 Å². The number of phenolic OH excluding ortho intramolecular Hbond substituents is 2. The minimum Gasteiger partial charge on any atom is -0.508 e. The lowest BCUT2D eigenvalue weighted by atomic mass is 10.0. The van der Waals surface area contributed by atoms with Crippen LogP contribution in [0, 0.1) is 0 Å². The number of aliphatic hydroxyl groups is 1. The van der Waals surface area contributed by atoms with Crippen molar-refractivity contribution in [2.24, 2.45) is 0 Å². The van der Waals surface area contributed by atoms with Gasteiger partial charge in [-0.05, 0) is 32.4 Å². The van der Waals surface area contributed by atoms with Crippen molar-refractivity contribution in [1.82, 2.24) is 10.2 Å². The van der Waals surface area contributed by atoms with Crippen LogP contribution < -0.4 is 5.32 Å². The molecule has 1 aromatic carbocycles. The minimum atomic E-state index is -0.00912. The highest BCUT2D eigenvalue weighted by molar-refractivity contribution is 5.40. The Morgan fingerprint density at radius 3 is 2.80 bits per heavy atom. The van der Waals surface area contributed by atoms with Gasteiger partial charge < -0.3 is 20.6 Å². The van der Waals surface area contributed by atoms with E-state index in [1.54, 1.807) is 12.1 Å². The summed E-state index contributed by atoms with van der Waals surface area (Å²) < 4.78 is 0. The van der Waals surface area contributed by atoms with Crippen LogP contribution >= 0.6 is 0 Å². The summed E-state index contributed by atoms with van der Waals surface area (Å²) in [5.41, 5.74) is 0.772. The molecule has 5 nitrogen and oxygen atoms in total. The third-order valence-corrected chi connectivity index (χ3v) is 4.02. The van der Waals surface area contributed by atoms with Crippen molar-refractivity contribution in [3.63, 3.8) is 0 Å². The summed E-state index contributed by atoms with van der Waals surface area (Å²) in [6.45, 7) is 4.57. The van der Waals surface area contributed by atoms with Gasteiger partial charge in [-0.15, -0.1) is 0 Å². The Morgan fingerprint density at radius 2 is 2.20 bits per heavy atom. The van der Waals surface area contributed by atoms with Gasteiger partial charge in [0.05, 0.1) is 6.61 Å². The molecule has 0 spiro atoms. The molecule has 2 atom stereocenters. The van der Waals surface area contributed by atoms with Crippen molar-refractivity contribution in [2.45, 2.75) is 31.8 Å². The van der Waals surface area contributed by atoms with E-state index in [1.165, 1.54) is 12.5 Å². The van der Waals surface area contributed by atoms with Crippen molar-refractivity contribution in [3.8, 4) is 11.5 Å². The highest BCUT2D eigenvalue weighted by Crippen LogP contribution is 2.31. The van der Waals surface area contributed by atoms with Gasteiger partial charge in [0.15, 0.2) is 0 Å². The Labute approximate surface area is 119 Å². The molecular formula is C15H24N2O3. The number of aromatic hydroxyl groups is 2. The molecular weight excluding hydrogens is 256 g/mol. The van der Waals surface area contributed by atoms with E-state index < -0.39 is 0 Å². The second-order valence-corrected chi connectivity index (χ2v) is 5.43. The maximum absolute atomic E-state index is 9.97. The SMILES string of the molecule is CC(c1ccc(O)cc1O)N(CCO)CC1CCCN1. The molecule has 0 aromatic heterocycles. The van der Waals surface area contributed by atoms with E-state index in [0.717, 1.165) is 25.1 Å². The molecule has 0 bridgehead atoms. The smallest absolute Gasteiger partial charge is 0.124 e. The molecule has 1 aromatic rings. The van der Waals surface area contributed by atoms with Gasteiger partial charge in [-0.25, -0.2) is 0 Å². The number of aliphatic hydroxyl groups excluding tert-OH is 1. The molecule has 1 aliphatic rings. The zero-order valence-electron chi connectivity index (χ0n) is 11.9. The molecule has 1 aliphatic heterocycles. The van der Waals surface area contributed by atoms with E-state index in [9.17, 15) is 15.3 Å². The Kier molecular flexibility index (Phi) is 5.23. The monoisotopic (exact) mass is 280 g/mol. The average molecular weight is 280 g/mol. The predicted molar refractivity (Wildman–Crippen MR) is 77.9 cm³/mol. The minimum absolute atomic E-state index is 0.00912. The van der Waals surface area contributed by atoms with E-state index in [0.29, 0.717) is 12.6 Å². The van der Waals surface area contributed by atoms with Crippen molar-refractivity contribution >= 4 is 0 Å². The fourth-order valence-electron chi connectivity index (χ4n) is 2.85. The number of hydrogen-bond acceptors (Lipinski definition) is 5. The van der Waals surface area contributed by atoms with Crippen LogP contribution in [0.1, 0.15) is 31.4 Å². The molecule has 1 heterocycles. The molecule has 2 unspecified atom stereocenters. The number of benzene rings is 1. The van der Waals surface area contributed by atoms with Crippen molar-refractivity contribution < 1.29 is 15.3 Å².